The van der Waals surface area contributed by atoms with Crippen LogP contribution in [0.15, 0.2) is 60.9 Å². The van der Waals surface area contributed by atoms with Crippen molar-refractivity contribution in [1.29, 1.82) is 0 Å². The number of unbranched alkanes of at least 4 members (excludes halogenated alkanes) is 5. The van der Waals surface area contributed by atoms with E-state index >= 15 is 0 Å². The van der Waals surface area contributed by atoms with Gasteiger partial charge < -0.3 is 4.74 Å². The number of rotatable bonds is 13. The Kier molecular flexibility index (Phi) is 9.95. The summed E-state index contributed by atoms with van der Waals surface area (Å²) in [6.07, 6.45) is 12.2. The lowest BCUT2D eigenvalue weighted by molar-refractivity contribution is -0.147. The number of carbonyl (C=O) groups excluding carboxylic acids is 1. The number of esters is 1. The van der Waals surface area contributed by atoms with Gasteiger partial charge in [-0.3, -0.25) is 0 Å². The standard InChI is InChI=1S/C30H37FN2O2/c1-4-6-7-8-9-12-20-30(3,31)29(34)35-25-18-16-24(17-19-25)26-14-10-11-15-27(26)28-32-21-23(13-5-2)22-33-28/h10-11,14-19,21-22H,4-9,12-13,20H2,1-3H3. The maximum absolute atomic E-state index is 14.9. The number of aryl methyl sites for hydroxylation is 1. The number of alkyl halides is 1. The van der Waals surface area contributed by atoms with E-state index < -0.39 is 11.6 Å². The van der Waals surface area contributed by atoms with Gasteiger partial charge in [-0.15, -0.1) is 0 Å². The van der Waals surface area contributed by atoms with E-state index in [0.29, 0.717) is 18.0 Å². The molecule has 186 valence electrons. The van der Waals surface area contributed by atoms with E-state index in [2.05, 4.69) is 23.8 Å². The average molecular weight is 477 g/mol. The number of aromatic nitrogens is 2. The van der Waals surface area contributed by atoms with Crippen molar-refractivity contribution in [1.82, 2.24) is 9.97 Å². The highest BCUT2D eigenvalue weighted by atomic mass is 19.1. The zero-order valence-corrected chi connectivity index (χ0v) is 21.2. The van der Waals surface area contributed by atoms with Crippen molar-refractivity contribution < 1.29 is 13.9 Å². The number of hydrogen-bond donors (Lipinski definition) is 0. The summed E-state index contributed by atoms with van der Waals surface area (Å²) in [5.41, 5.74) is 1.98. The average Bonchev–Trinajstić information content (AvgIpc) is 2.87. The fourth-order valence-corrected chi connectivity index (χ4v) is 4.10. The Morgan fingerprint density at radius 2 is 1.49 bits per heavy atom. The molecule has 0 aliphatic rings. The molecular weight excluding hydrogens is 439 g/mol. The van der Waals surface area contributed by atoms with Crippen LogP contribution in [0.25, 0.3) is 22.5 Å². The lowest BCUT2D eigenvalue weighted by atomic mass is 9.98. The maximum atomic E-state index is 14.9. The van der Waals surface area contributed by atoms with Gasteiger partial charge in [0, 0.05) is 18.0 Å². The highest BCUT2D eigenvalue weighted by Gasteiger charge is 2.34. The summed E-state index contributed by atoms with van der Waals surface area (Å²) in [5, 5.41) is 0. The molecule has 0 aliphatic carbocycles. The number of halogens is 1. The number of ether oxygens (including phenoxy) is 1. The molecule has 0 amide bonds. The summed E-state index contributed by atoms with van der Waals surface area (Å²) in [6, 6.07) is 15.1. The first-order chi connectivity index (χ1) is 16.9. The van der Waals surface area contributed by atoms with Gasteiger partial charge in [0.15, 0.2) is 5.82 Å². The Hall–Kier alpha value is -3.08. The molecule has 0 spiro atoms. The molecule has 5 heteroatoms. The van der Waals surface area contributed by atoms with Gasteiger partial charge in [0.05, 0.1) is 0 Å². The Labute approximate surface area is 209 Å². The lowest BCUT2D eigenvalue weighted by Crippen LogP contribution is -2.34. The van der Waals surface area contributed by atoms with E-state index in [1.807, 2.05) is 48.8 Å². The van der Waals surface area contributed by atoms with Crippen molar-refractivity contribution in [2.45, 2.75) is 84.2 Å². The van der Waals surface area contributed by atoms with Crippen molar-refractivity contribution >= 4 is 5.97 Å². The topological polar surface area (TPSA) is 52.1 Å². The molecule has 0 saturated carbocycles. The first-order valence-corrected chi connectivity index (χ1v) is 12.9. The molecule has 1 unspecified atom stereocenters. The van der Waals surface area contributed by atoms with Crippen LogP contribution in [0.3, 0.4) is 0 Å². The molecule has 0 aliphatic heterocycles. The molecule has 2 aromatic carbocycles. The predicted octanol–water partition coefficient (Wildman–Crippen LogP) is 8.15. The molecule has 1 heterocycles. The number of carbonyl (C=O) groups is 1. The van der Waals surface area contributed by atoms with Crippen LogP contribution in [-0.4, -0.2) is 21.6 Å². The van der Waals surface area contributed by atoms with Crippen molar-refractivity contribution in [3.63, 3.8) is 0 Å². The molecular formula is C30H37FN2O2. The molecule has 35 heavy (non-hydrogen) atoms. The number of benzene rings is 2. The Bertz CT molecular complexity index is 1060. The van der Waals surface area contributed by atoms with Gasteiger partial charge in [0.25, 0.3) is 0 Å². The molecule has 1 aromatic heterocycles. The van der Waals surface area contributed by atoms with Gasteiger partial charge in [-0.1, -0.05) is 88.8 Å². The summed E-state index contributed by atoms with van der Waals surface area (Å²) in [4.78, 5) is 21.6. The van der Waals surface area contributed by atoms with Gasteiger partial charge >= 0.3 is 5.97 Å². The highest BCUT2D eigenvalue weighted by molar-refractivity contribution is 5.82. The van der Waals surface area contributed by atoms with Crippen LogP contribution in [0.4, 0.5) is 4.39 Å². The predicted molar refractivity (Wildman–Crippen MR) is 140 cm³/mol. The van der Waals surface area contributed by atoms with E-state index in [9.17, 15) is 9.18 Å². The van der Waals surface area contributed by atoms with Crippen molar-refractivity contribution in [2.75, 3.05) is 0 Å². The fraction of sp³-hybridized carbons (Fsp3) is 0.433. The van der Waals surface area contributed by atoms with Crippen LogP contribution in [0.2, 0.25) is 0 Å². The van der Waals surface area contributed by atoms with Crippen LogP contribution in [0.1, 0.15) is 77.7 Å². The minimum Gasteiger partial charge on any atom is -0.424 e. The summed E-state index contributed by atoms with van der Waals surface area (Å²) in [6.45, 7) is 5.62. The lowest BCUT2D eigenvalue weighted by Gasteiger charge is -2.18. The summed E-state index contributed by atoms with van der Waals surface area (Å²) < 4.78 is 20.3. The molecule has 0 bridgehead atoms. The number of hydrogen-bond acceptors (Lipinski definition) is 4. The van der Waals surface area contributed by atoms with E-state index in [4.69, 9.17) is 4.74 Å². The molecule has 0 saturated heterocycles. The summed E-state index contributed by atoms with van der Waals surface area (Å²) in [5.74, 6) is 0.168. The second-order valence-electron chi connectivity index (χ2n) is 9.34. The van der Waals surface area contributed by atoms with Crippen molar-refractivity contribution in [3.05, 3.63) is 66.5 Å². The van der Waals surface area contributed by atoms with E-state index in [1.54, 1.807) is 12.1 Å². The summed E-state index contributed by atoms with van der Waals surface area (Å²) in [7, 11) is 0. The molecule has 4 nitrogen and oxygen atoms in total. The monoisotopic (exact) mass is 476 g/mol. The SMILES string of the molecule is CCCCCCCCC(C)(F)C(=O)Oc1ccc(-c2ccccc2-c2ncc(CCC)cn2)cc1. The first kappa shape index (κ1) is 26.5. The van der Waals surface area contributed by atoms with Gasteiger partial charge in [0.1, 0.15) is 5.75 Å². The van der Waals surface area contributed by atoms with Gasteiger partial charge in [-0.2, -0.15) is 0 Å². The third-order valence-electron chi connectivity index (χ3n) is 6.21. The third kappa shape index (κ3) is 7.71. The van der Waals surface area contributed by atoms with Gasteiger partial charge in [-0.05, 0) is 55.0 Å². The zero-order valence-electron chi connectivity index (χ0n) is 21.2. The van der Waals surface area contributed by atoms with E-state index in [-0.39, 0.29) is 6.42 Å². The number of nitrogens with zero attached hydrogens (tertiary/aromatic N) is 2. The normalized spacial score (nSPS) is 12.8. The smallest absolute Gasteiger partial charge is 0.348 e. The molecule has 0 radical (unpaired) electrons. The van der Waals surface area contributed by atoms with Gasteiger partial charge in [-0.25, -0.2) is 19.2 Å². The Morgan fingerprint density at radius 3 is 2.14 bits per heavy atom. The van der Waals surface area contributed by atoms with Crippen molar-refractivity contribution in [3.8, 4) is 28.3 Å². The Morgan fingerprint density at radius 1 is 0.857 bits per heavy atom. The highest BCUT2D eigenvalue weighted by Crippen LogP contribution is 2.31. The minimum atomic E-state index is -1.99. The third-order valence-corrected chi connectivity index (χ3v) is 6.21. The van der Waals surface area contributed by atoms with Crippen LogP contribution in [0.5, 0.6) is 5.75 Å². The molecule has 0 N–H and O–H groups in total. The minimum absolute atomic E-state index is 0.181. The summed E-state index contributed by atoms with van der Waals surface area (Å²) >= 11 is 0. The van der Waals surface area contributed by atoms with Crippen LogP contribution >= 0.6 is 0 Å². The zero-order chi connectivity index (χ0) is 25.1. The second kappa shape index (κ2) is 13.1. The van der Waals surface area contributed by atoms with Crippen LogP contribution in [-0.2, 0) is 11.2 Å². The van der Waals surface area contributed by atoms with Crippen molar-refractivity contribution in [2.24, 2.45) is 0 Å². The molecule has 3 rings (SSSR count). The van der Waals surface area contributed by atoms with Crippen LogP contribution in [0, 0.1) is 0 Å². The second-order valence-corrected chi connectivity index (χ2v) is 9.34. The quantitative estimate of drug-likeness (QED) is 0.142. The van der Waals surface area contributed by atoms with Crippen LogP contribution < -0.4 is 4.74 Å². The van der Waals surface area contributed by atoms with E-state index in [0.717, 1.165) is 54.4 Å². The first-order valence-electron chi connectivity index (χ1n) is 12.9. The largest absolute Gasteiger partial charge is 0.424 e. The molecule has 0 fully saturated rings. The van der Waals surface area contributed by atoms with E-state index in [1.165, 1.54) is 19.8 Å². The van der Waals surface area contributed by atoms with Gasteiger partial charge in [0.2, 0.25) is 5.67 Å². The Balaban J connectivity index is 1.65. The maximum Gasteiger partial charge on any atom is 0.348 e. The fourth-order valence-electron chi connectivity index (χ4n) is 4.10. The molecule has 3 aromatic rings. The molecule has 1 atom stereocenters.